The number of rotatable bonds is 7. The monoisotopic (exact) mass is 529 g/mol. The number of aromatic nitrogens is 1. The largest absolute Gasteiger partial charge is 0.478 e. The van der Waals surface area contributed by atoms with Crippen molar-refractivity contribution in [1.82, 2.24) is 9.88 Å². The van der Waals surface area contributed by atoms with E-state index in [1.807, 2.05) is 0 Å². The summed E-state index contributed by atoms with van der Waals surface area (Å²) in [4.78, 5) is 26.2. The van der Waals surface area contributed by atoms with Gasteiger partial charge in [-0.05, 0) is 70.0 Å². The molecule has 2 fully saturated rings. The minimum atomic E-state index is -0.776. The number of fused-ring (bicyclic) bond motifs is 1. The second-order valence-corrected chi connectivity index (χ2v) is 14.4. The van der Waals surface area contributed by atoms with E-state index in [0.717, 1.165) is 52.0 Å². The first kappa shape index (κ1) is 26.2. The van der Waals surface area contributed by atoms with Crippen LogP contribution >= 0.6 is 22.7 Å². The minimum absolute atomic E-state index is 0.152. The molecule has 0 atom stereocenters. The maximum Gasteiger partial charge on any atom is 0.337 e. The summed E-state index contributed by atoms with van der Waals surface area (Å²) in [5.41, 5.74) is 2.84. The summed E-state index contributed by atoms with van der Waals surface area (Å²) in [6.07, 6.45) is 16.0. The number of aromatic carboxylic acids is 1. The van der Waals surface area contributed by atoms with E-state index in [-0.39, 0.29) is 5.41 Å². The fraction of sp³-hybridized carbons (Fsp3) is 0.724. The Morgan fingerprint density at radius 2 is 1.58 bits per heavy atom. The zero-order chi connectivity index (χ0) is 25.4. The summed E-state index contributed by atoms with van der Waals surface area (Å²) >= 11 is 3.51. The Balaban J connectivity index is 1.61. The first-order valence-electron chi connectivity index (χ1n) is 14.0. The summed E-state index contributed by atoms with van der Waals surface area (Å²) in [5, 5.41) is 11.6. The maximum atomic E-state index is 12.7. The van der Waals surface area contributed by atoms with Gasteiger partial charge in [-0.1, -0.05) is 63.7 Å². The lowest BCUT2D eigenvalue weighted by Crippen LogP contribution is -2.45. The molecular weight excluding hydrogens is 486 g/mol. The molecule has 0 unspecified atom stereocenters. The number of hydrogen-bond donors (Lipinski definition) is 1. The van der Waals surface area contributed by atoms with Gasteiger partial charge in [0.25, 0.3) is 0 Å². The van der Waals surface area contributed by atoms with Crippen molar-refractivity contribution >= 4 is 33.8 Å². The molecule has 198 valence electrons. The van der Waals surface area contributed by atoms with Crippen LogP contribution in [0.4, 0.5) is 5.13 Å². The zero-order valence-electron chi connectivity index (χ0n) is 22.6. The molecule has 1 N–H and O–H groups in total. The minimum Gasteiger partial charge on any atom is -0.478 e. The van der Waals surface area contributed by atoms with Crippen LogP contribution in [0.5, 0.6) is 0 Å². The number of thiophene rings is 1. The Labute approximate surface area is 224 Å². The van der Waals surface area contributed by atoms with E-state index in [1.165, 1.54) is 69.1 Å². The number of anilines is 1. The highest BCUT2D eigenvalue weighted by Crippen LogP contribution is 2.49. The molecule has 3 aliphatic carbocycles. The molecule has 5 nitrogen and oxygen atoms in total. The molecule has 0 bridgehead atoms. The first-order valence-corrected chi connectivity index (χ1v) is 15.7. The molecule has 0 amide bonds. The molecule has 2 aromatic rings. The number of carboxylic acids is 1. The Hall–Kier alpha value is -1.44. The third kappa shape index (κ3) is 5.39. The molecule has 0 saturated heterocycles. The van der Waals surface area contributed by atoms with Crippen molar-refractivity contribution in [2.45, 2.75) is 116 Å². The van der Waals surface area contributed by atoms with Crippen molar-refractivity contribution in [3.8, 4) is 9.75 Å². The van der Waals surface area contributed by atoms with Gasteiger partial charge in [0.15, 0.2) is 5.13 Å². The average Bonchev–Trinajstić information content (AvgIpc) is 3.40. The second kappa shape index (κ2) is 10.7. The predicted octanol–water partition coefficient (Wildman–Crippen LogP) is 7.62. The van der Waals surface area contributed by atoms with Gasteiger partial charge in [0, 0.05) is 23.5 Å². The third-order valence-electron chi connectivity index (χ3n) is 8.50. The van der Waals surface area contributed by atoms with Crippen molar-refractivity contribution in [2.75, 3.05) is 19.0 Å². The highest BCUT2D eigenvalue weighted by atomic mass is 32.1. The SMILES string of the molecule is CN(C)Cc1nc(N(C2CCCCC2)C2CCCCC2)sc1-c1sc2c(c1C(=O)O)CC(C)(C)CC2. The van der Waals surface area contributed by atoms with E-state index in [2.05, 4.69) is 37.7 Å². The fourth-order valence-electron chi connectivity index (χ4n) is 6.67. The van der Waals surface area contributed by atoms with Crippen molar-refractivity contribution in [2.24, 2.45) is 5.41 Å². The Bertz CT molecular complexity index is 1060. The maximum absolute atomic E-state index is 12.7. The summed E-state index contributed by atoms with van der Waals surface area (Å²) < 4.78 is 0. The number of aryl methyl sites for hydroxylation is 1. The Morgan fingerprint density at radius 1 is 0.972 bits per heavy atom. The second-order valence-electron chi connectivity index (χ2n) is 12.4. The standard InChI is InChI=1S/C29H43N3O2S2/c1-29(2)16-15-23-21(17-29)24(27(33)34)26(35-23)25-22(18-31(3)4)30-28(36-25)32(19-11-7-5-8-12-19)20-13-9-6-10-14-20/h19-20H,5-18H2,1-4H3,(H,33,34). The molecule has 2 heterocycles. The van der Waals surface area contributed by atoms with Gasteiger partial charge in [0.05, 0.1) is 21.0 Å². The molecule has 0 spiro atoms. The lowest BCUT2D eigenvalue weighted by Gasteiger charge is -2.41. The van der Waals surface area contributed by atoms with E-state index in [1.54, 1.807) is 22.7 Å². The van der Waals surface area contributed by atoms with E-state index in [0.29, 0.717) is 17.6 Å². The van der Waals surface area contributed by atoms with Crippen LogP contribution in [-0.4, -0.2) is 47.1 Å². The molecule has 3 aliphatic rings. The lowest BCUT2D eigenvalue weighted by atomic mass is 9.76. The summed E-state index contributed by atoms with van der Waals surface area (Å²) in [6.45, 7) is 5.28. The van der Waals surface area contributed by atoms with Crippen molar-refractivity contribution in [3.63, 3.8) is 0 Å². The molecule has 2 saturated carbocycles. The van der Waals surface area contributed by atoms with Crippen LogP contribution in [0.3, 0.4) is 0 Å². The Morgan fingerprint density at radius 3 is 2.14 bits per heavy atom. The van der Waals surface area contributed by atoms with Gasteiger partial charge in [0.1, 0.15) is 0 Å². The molecule has 2 aromatic heterocycles. The normalized spacial score (nSPS) is 21.0. The van der Waals surface area contributed by atoms with Gasteiger partial charge in [-0.2, -0.15) is 0 Å². The predicted molar refractivity (Wildman–Crippen MR) is 152 cm³/mol. The number of thiazole rings is 1. The summed E-state index contributed by atoms with van der Waals surface area (Å²) in [5.74, 6) is -0.776. The van der Waals surface area contributed by atoms with E-state index in [4.69, 9.17) is 4.98 Å². The highest BCUT2D eigenvalue weighted by Gasteiger charge is 2.36. The van der Waals surface area contributed by atoms with Crippen LogP contribution < -0.4 is 4.90 Å². The smallest absolute Gasteiger partial charge is 0.337 e. The van der Waals surface area contributed by atoms with Crippen LogP contribution in [0.15, 0.2) is 0 Å². The quantitative estimate of drug-likeness (QED) is 0.400. The van der Waals surface area contributed by atoms with Crippen LogP contribution in [0.1, 0.15) is 111 Å². The van der Waals surface area contributed by atoms with Gasteiger partial charge in [0.2, 0.25) is 0 Å². The molecule has 5 rings (SSSR count). The number of nitrogens with zero attached hydrogens (tertiary/aromatic N) is 3. The van der Waals surface area contributed by atoms with Gasteiger partial charge in [-0.25, -0.2) is 9.78 Å². The number of carbonyl (C=O) groups is 1. The fourth-order valence-corrected chi connectivity index (χ4v) is 9.35. The van der Waals surface area contributed by atoms with Gasteiger partial charge in [-0.15, -0.1) is 11.3 Å². The average molecular weight is 530 g/mol. The summed E-state index contributed by atoms with van der Waals surface area (Å²) in [7, 11) is 4.17. The van der Waals surface area contributed by atoms with E-state index >= 15 is 0 Å². The van der Waals surface area contributed by atoms with Crippen molar-refractivity contribution in [1.29, 1.82) is 0 Å². The third-order valence-corrected chi connectivity index (χ3v) is 11.1. The first-order chi connectivity index (χ1) is 17.2. The molecule has 0 aromatic carbocycles. The van der Waals surface area contributed by atoms with Crippen LogP contribution in [0, 0.1) is 5.41 Å². The van der Waals surface area contributed by atoms with Crippen molar-refractivity contribution in [3.05, 3.63) is 21.7 Å². The summed E-state index contributed by atoms with van der Waals surface area (Å²) in [6, 6.07) is 1.15. The molecule has 0 aliphatic heterocycles. The van der Waals surface area contributed by atoms with E-state index < -0.39 is 5.97 Å². The van der Waals surface area contributed by atoms with Crippen molar-refractivity contribution < 1.29 is 9.90 Å². The topological polar surface area (TPSA) is 56.7 Å². The van der Waals surface area contributed by atoms with Gasteiger partial charge < -0.3 is 14.9 Å². The Kier molecular flexibility index (Phi) is 7.81. The van der Waals surface area contributed by atoms with Crippen LogP contribution in [-0.2, 0) is 19.4 Å². The lowest BCUT2D eigenvalue weighted by molar-refractivity contribution is 0.0696. The van der Waals surface area contributed by atoms with Gasteiger partial charge >= 0.3 is 5.97 Å². The molecular formula is C29H43N3O2S2. The zero-order valence-corrected chi connectivity index (χ0v) is 24.2. The van der Waals surface area contributed by atoms with E-state index in [9.17, 15) is 9.90 Å². The number of hydrogen-bond acceptors (Lipinski definition) is 6. The molecule has 0 radical (unpaired) electrons. The number of carboxylic acid groups (broad SMARTS) is 1. The molecule has 36 heavy (non-hydrogen) atoms. The van der Waals surface area contributed by atoms with Crippen LogP contribution in [0.2, 0.25) is 0 Å². The molecule has 7 heteroatoms. The van der Waals surface area contributed by atoms with Crippen LogP contribution in [0.25, 0.3) is 9.75 Å². The van der Waals surface area contributed by atoms with Gasteiger partial charge in [-0.3, -0.25) is 0 Å². The highest BCUT2D eigenvalue weighted by molar-refractivity contribution is 7.24.